The number of nitrogen functional groups attached to an aromatic ring is 1. The van der Waals surface area contributed by atoms with Crippen LogP contribution in [0.1, 0.15) is 44.2 Å². The Morgan fingerprint density at radius 1 is 0.678 bits per heavy atom. The first-order chi connectivity index (χ1) is 27.5. The Balaban J connectivity index is 0.000000195. The van der Waals surface area contributed by atoms with Crippen LogP contribution in [-0.2, 0) is 12.4 Å². The summed E-state index contributed by atoms with van der Waals surface area (Å²) in [5.41, 5.74) is 7.23. The van der Waals surface area contributed by atoms with Crippen molar-refractivity contribution in [1.29, 1.82) is 0 Å². The molecule has 0 aliphatic carbocycles. The summed E-state index contributed by atoms with van der Waals surface area (Å²) in [5.74, 6) is 0.866. The number of nitrogens with zero attached hydrogens (tertiary/aromatic N) is 5. The number of anilines is 1. The number of aromatic amines is 2. The van der Waals surface area contributed by atoms with E-state index in [9.17, 15) is 36.5 Å². The van der Waals surface area contributed by atoms with E-state index in [4.69, 9.17) is 15.2 Å². The van der Waals surface area contributed by atoms with Crippen LogP contribution in [0.5, 0.6) is 11.5 Å². The number of H-pyrrole nitrogens is 2. The number of imidazole rings is 2. The predicted molar refractivity (Wildman–Crippen MR) is 213 cm³/mol. The van der Waals surface area contributed by atoms with Gasteiger partial charge in [0.25, 0.3) is 5.69 Å². The minimum atomic E-state index is -4.55. The van der Waals surface area contributed by atoms with Crippen molar-refractivity contribution in [3.8, 4) is 34.3 Å². The Morgan fingerprint density at radius 2 is 1.10 bits per heavy atom. The number of nitro benzene ring substituents is 1. The number of hydrogen-bond donors (Lipinski definition) is 3. The maximum atomic E-state index is 13.5. The molecule has 6 aromatic rings. The van der Waals surface area contributed by atoms with Crippen LogP contribution >= 0.6 is 0 Å². The largest absolute Gasteiger partial charge is 0.490 e. The molecule has 2 fully saturated rings. The molecule has 4 aromatic carbocycles. The molecule has 2 aliphatic rings. The Labute approximate surface area is 335 Å². The van der Waals surface area contributed by atoms with Gasteiger partial charge < -0.3 is 35.0 Å². The number of likely N-dealkylation sites (tertiary alicyclic amines) is 2. The fourth-order valence-electron chi connectivity index (χ4n) is 6.94. The molecule has 8 rings (SSSR count). The van der Waals surface area contributed by atoms with E-state index in [1.807, 2.05) is 14.1 Å². The van der Waals surface area contributed by atoms with Crippen molar-refractivity contribution < 1.29 is 40.7 Å². The molecule has 0 amide bonds. The third-order valence-corrected chi connectivity index (χ3v) is 10.1. The number of ether oxygens (including phenoxy) is 2. The van der Waals surface area contributed by atoms with Crippen LogP contribution in [0.15, 0.2) is 72.8 Å². The molecule has 0 saturated carbocycles. The van der Waals surface area contributed by atoms with E-state index >= 15 is 0 Å². The number of halogens is 6. The number of non-ortho nitro benzene ring substituents is 1. The van der Waals surface area contributed by atoms with Gasteiger partial charge in [-0.05, 0) is 100 Å². The minimum Gasteiger partial charge on any atom is -0.490 e. The number of benzene rings is 4. The second-order valence-electron chi connectivity index (χ2n) is 14.6. The van der Waals surface area contributed by atoms with E-state index in [0.29, 0.717) is 39.1 Å². The lowest BCUT2D eigenvalue weighted by atomic mass is 10.1. The SMILES string of the molecule is C.CN1CCC(Oc2cc(-c3nc4ccc(N)cc4[nH]3)cc(C(F)(F)F)c2)CC1.CN1CCC(Oc2cc(-c3nc4ccc([N+](=O)[O-])cc4[nH]3)cc(C(F)(F)F)c2)CC1. The topological polar surface area (TPSA) is 151 Å². The summed E-state index contributed by atoms with van der Waals surface area (Å²) < 4.78 is 92.5. The second-order valence-corrected chi connectivity index (χ2v) is 14.6. The highest BCUT2D eigenvalue weighted by Crippen LogP contribution is 2.38. The summed E-state index contributed by atoms with van der Waals surface area (Å²) in [6.45, 7) is 3.36. The number of aromatic nitrogens is 4. The van der Waals surface area contributed by atoms with Crippen molar-refractivity contribution >= 4 is 33.4 Å². The molecule has 2 saturated heterocycles. The van der Waals surface area contributed by atoms with E-state index in [2.05, 4.69) is 29.7 Å². The van der Waals surface area contributed by atoms with Crippen molar-refractivity contribution in [3.63, 3.8) is 0 Å². The highest BCUT2D eigenvalue weighted by atomic mass is 19.4. The lowest BCUT2D eigenvalue weighted by molar-refractivity contribution is -0.384. The first-order valence-electron chi connectivity index (χ1n) is 18.5. The molecule has 12 nitrogen and oxygen atoms in total. The fourth-order valence-corrected chi connectivity index (χ4v) is 6.94. The van der Waals surface area contributed by atoms with Crippen molar-refractivity contribution in [2.75, 3.05) is 46.0 Å². The van der Waals surface area contributed by atoms with Crippen molar-refractivity contribution in [1.82, 2.24) is 29.7 Å². The number of rotatable bonds is 7. The summed E-state index contributed by atoms with van der Waals surface area (Å²) in [6, 6.07) is 16.4. The summed E-state index contributed by atoms with van der Waals surface area (Å²) in [6.07, 6.45) is -6.24. The van der Waals surface area contributed by atoms with E-state index in [1.54, 1.807) is 24.3 Å². The minimum absolute atomic E-state index is 0. The van der Waals surface area contributed by atoms with Gasteiger partial charge in [-0.1, -0.05) is 7.43 Å². The molecule has 4 N–H and O–H groups in total. The Bertz CT molecular complexity index is 2420. The van der Waals surface area contributed by atoms with Gasteiger partial charge in [-0.2, -0.15) is 26.3 Å². The maximum absolute atomic E-state index is 13.5. The number of nitrogens with one attached hydrogen (secondary N) is 2. The quantitative estimate of drug-likeness (QED) is 0.0619. The van der Waals surface area contributed by atoms with Crippen molar-refractivity contribution in [3.05, 3.63) is 94.0 Å². The average Bonchev–Trinajstić information content (AvgIpc) is 3.80. The molecule has 59 heavy (non-hydrogen) atoms. The zero-order valence-electron chi connectivity index (χ0n) is 31.5. The highest BCUT2D eigenvalue weighted by Gasteiger charge is 2.34. The van der Waals surface area contributed by atoms with Gasteiger partial charge in [-0.15, -0.1) is 0 Å². The van der Waals surface area contributed by atoms with Gasteiger partial charge >= 0.3 is 12.4 Å². The molecule has 0 spiro atoms. The predicted octanol–water partition coefficient (Wildman–Crippen LogP) is 9.57. The van der Waals surface area contributed by atoms with Gasteiger partial charge in [0, 0.05) is 55.1 Å². The lowest BCUT2D eigenvalue weighted by Crippen LogP contribution is -2.35. The Kier molecular flexibility index (Phi) is 12.4. The smallest absolute Gasteiger partial charge is 0.416 e. The van der Waals surface area contributed by atoms with Crippen LogP contribution in [0.4, 0.5) is 37.7 Å². The molecule has 4 heterocycles. The molecule has 18 heteroatoms. The van der Waals surface area contributed by atoms with Crippen LogP contribution in [-0.4, -0.2) is 87.1 Å². The van der Waals surface area contributed by atoms with Gasteiger partial charge in [0.1, 0.15) is 35.4 Å². The van der Waals surface area contributed by atoms with Gasteiger partial charge in [-0.25, -0.2) is 9.97 Å². The third kappa shape index (κ3) is 10.4. The Morgan fingerprint density at radius 3 is 1.53 bits per heavy atom. The Hall–Kier alpha value is -5.88. The highest BCUT2D eigenvalue weighted by molar-refractivity contribution is 5.83. The maximum Gasteiger partial charge on any atom is 0.416 e. The zero-order valence-corrected chi connectivity index (χ0v) is 31.5. The molecule has 0 radical (unpaired) electrons. The van der Waals surface area contributed by atoms with E-state index in [-0.39, 0.29) is 48.2 Å². The number of fused-ring (bicyclic) bond motifs is 2. The number of piperidine rings is 2. The van der Waals surface area contributed by atoms with E-state index in [1.165, 1.54) is 24.3 Å². The van der Waals surface area contributed by atoms with Gasteiger partial charge in [0.15, 0.2) is 0 Å². The van der Waals surface area contributed by atoms with Gasteiger partial charge in [0.05, 0.1) is 38.1 Å². The monoisotopic (exact) mass is 826 g/mol. The van der Waals surface area contributed by atoms with E-state index in [0.717, 1.165) is 76.1 Å². The first-order valence-corrected chi connectivity index (χ1v) is 18.5. The molecule has 0 atom stereocenters. The van der Waals surface area contributed by atoms with Crippen LogP contribution < -0.4 is 15.2 Å². The number of hydrogen-bond acceptors (Lipinski definition) is 9. The standard InChI is InChI=1S/C20H19F3N4O3.C20H21F3N4O.CH4/c1-26-6-4-15(5-7-26)30-16-9-12(8-13(10-16)20(21,22)23)19-24-17-3-2-14(27(28)29)11-18(17)25-19;1-27-6-4-15(5-7-27)28-16-9-12(8-13(10-16)20(21,22)23)19-25-17-3-2-14(24)11-18(17)26-19;/h2-3,8-11,15H,4-7H2,1H3,(H,24,25);2-3,8-11,15H,4-7,24H2,1H3,(H,25,26);1H4. The van der Waals surface area contributed by atoms with Crippen molar-refractivity contribution in [2.24, 2.45) is 0 Å². The summed E-state index contributed by atoms with van der Waals surface area (Å²) in [4.78, 5) is 29.4. The number of nitrogens with two attached hydrogens (primary N) is 1. The fraction of sp³-hybridized carbons (Fsp3) is 0.366. The van der Waals surface area contributed by atoms with Crippen LogP contribution in [0, 0.1) is 10.1 Å². The van der Waals surface area contributed by atoms with E-state index < -0.39 is 28.4 Å². The van der Waals surface area contributed by atoms with Gasteiger partial charge in [-0.3, -0.25) is 10.1 Å². The molecule has 2 aromatic heterocycles. The lowest BCUT2D eigenvalue weighted by Gasteiger charge is -2.29. The molecule has 0 unspecified atom stereocenters. The average molecular weight is 827 g/mol. The molecule has 314 valence electrons. The van der Waals surface area contributed by atoms with Gasteiger partial charge in [0.2, 0.25) is 0 Å². The summed E-state index contributed by atoms with van der Waals surface area (Å²) >= 11 is 0. The molecule has 2 aliphatic heterocycles. The van der Waals surface area contributed by atoms with Crippen LogP contribution in [0.25, 0.3) is 44.8 Å². The molecular weight excluding hydrogens is 782 g/mol. The van der Waals surface area contributed by atoms with Crippen LogP contribution in [0.3, 0.4) is 0 Å². The third-order valence-electron chi connectivity index (χ3n) is 10.1. The molecule has 0 bridgehead atoms. The normalized spacial score (nSPS) is 16.1. The zero-order chi connectivity index (χ0) is 41.4. The first kappa shape index (κ1) is 42.7. The summed E-state index contributed by atoms with van der Waals surface area (Å²) in [5, 5.41) is 11.0. The molecular formula is C41H44F6N8O4. The van der Waals surface area contributed by atoms with Crippen molar-refractivity contribution in [2.45, 2.75) is 57.7 Å². The second kappa shape index (κ2) is 17.1. The summed E-state index contributed by atoms with van der Waals surface area (Å²) in [7, 11) is 4.01. The number of alkyl halides is 6. The van der Waals surface area contributed by atoms with Crippen LogP contribution in [0.2, 0.25) is 0 Å². The number of nitro groups is 1.